The zero-order chi connectivity index (χ0) is 26.1. The van der Waals surface area contributed by atoms with Gasteiger partial charge in [0.2, 0.25) is 11.8 Å². The molecule has 0 aliphatic carbocycles. The first-order valence-corrected chi connectivity index (χ1v) is 11.4. The summed E-state index contributed by atoms with van der Waals surface area (Å²) in [5, 5.41) is 3.12. The van der Waals surface area contributed by atoms with E-state index < -0.39 is 11.7 Å². The molecule has 0 saturated heterocycles. The van der Waals surface area contributed by atoms with Crippen LogP contribution in [0, 0.1) is 12.7 Å². The van der Waals surface area contributed by atoms with E-state index in [1.165, 1.54) is 18.5 Å². The number of nitrogens with one attached hydrogen (secondary N) is 1. The van der Waals surface area contributed by atoms with Crippen LogP contribution in [0.4, 0.5) is 15.9 Å². The lowest BCUT2D eigenvalue weighted by Crippen LogP contribution is -2.08. The first-order valence-electron chi connectivity index (χ1n) is 11.4. The van der Waals surface area contributed by atoms with Crippen molar-refractivity contribution in [3.63, 3.8) is 0 Å². The minimum absolute atomic E-state index is 0.0551. The molecular formula is C28H23FN6O2. The van der Waals surface area contributed by atoms with E-state index in [0.29, 0.717) is 39.7 Å². The molecule has 5 rings (SSSR count). The van der Waals surface area contributed by atoms with Crippen LogP contribution in [0.1, 0.15) is 5.69 Å². The number of fused-ring (bicyclic) bond motifs is 1. The van der Waals surface area contributed by atoms with Crippen LogP contribution in [0.5, 0.6) is 11.6 Å². The molecule has 0 unspecified atom stereocenters. The number of carbonyl (C=O) groups is 1. The fourth-order valence-corrected chi connectivity index (χ4v) is 4.23. The molecule has 1 amide bonds. The van der Waals surface area contributed by atoms with Gasteiger partial charge in [-0.2, -0.15) is 0 Å². The Morgan fingerprint density at radius 1 is 1.11 bits per heavy atom. The number of pyridine rings is 1. The summed E-state index contributed by atoms with van der Waals surface area (Å²) in [4.78, 5) is 24.6. The van der Waals surface area contributed by atoms with E-state index in [2.05, 4.69) is 26.8 Å². The Kier molecular flexibility index (Phi) is 6.10. The van der Waals surface area contributed by atoms with Crippen LogP contribution in [0.3, 0.4) is 0 Å². The molecule has 3 N–H and O–H groups in total. The third kappa shape index (κ3) is 4.50. The zero-order valence-corrected chi connectivity index (χ0v) is 20.2. The van der Waals surface area contributed by atoms with Gasteiger partial charge in [-0.05, 0) is 48.9 Å². The Morgan fingerprint density at radius 3 is 2.57 bits per heavy atom. The van der Waals surface area contributed by atoms with Gasteiger partial charge in [0.15, 0.2) is 0 Å². The van der Waals surface area contributed by atoms with Crippen molar-refractivity contribution in [3.8, 4) is 34.0 Å². The lowest BCUT2D eigenvalue weighted by Gasteiger charge is -2.12. The maximum atomic E-state index is 15.0. The Balaban J connectivity index is 1.62. The van der Waals surface area contributed by atoms with E-state index in [9.17, 15) is 9.18 Å². The summed E-state index contributed by atoms with van der Waals surface area (Å²) < 4.78 is 22.7. The summed E-state index contributed by atoms with van der Waals surface area (Å²) in [6.07, 6.45) is 2.48. The number of aromatic nitrogens is 4. The molecule has 5 aromatic rings. The van der Waals surface area contributed by atoms with Crippen molar-refractivity contribution in [2.45, 2.75) is 6.92 Å². The summed E-state index contributed by atoms with van der Waals surface area (Å²) in [7, 11) is 1.83. The SMILES string of the molecule is C=CC(=O)Nc1ccc(-c2c(-c3ccc(Oc4cccc(C)n4)cc3)c3c(N)ncnc3n2C)cc1F. The van der Waals surface area contributed by atoms with Crippen molar-refractivity contribution in [2.24, 2.45) is 7.05 Å². The van der Waals surface area contributed by atoms with E-state index in [-0.39, 0.29) is 5.69 Å². The van der Waals surface area contributed by atoms with Crippen molar-refractivity contribution in [1.29, 1.82) is 0 Å². The highest BCUT2D eigenvalue weighted by Crippen LogP contribution is 2.42. The molecule has 0 saturated carbocycles. The molecule has 3 heterocycles. The van der Waals surface area contributed by atoms with E-state index in [4.69, 9.17) is 10.5 Å². The Labute approximate surface area is 212 Å². The van der Waals surface area contributed by atoms with Crippen LogP contribution in [-0.2, 0) is 11.8 Å². The molecule has 9 heteroatoms. The molecular weight excluding hydrogens is 471 g/mol. The first kappa shape index (κ1) is 23.7. The number of hydrogen-bond acceptors (Lipinski definition) is 6. The summed E-state index contributed by atoms with van der Waals surface area (Å²) in [5.41, 5.74) is 10.6. The molecule has 0 atom stereocenters. The Morgan fingerprint density at radius 2 is 1.86 bits per heavy atom. The van der Waals surface area contributed by atoms with Crippen LogP contribution < -0.4 is 15.8 Å². The number of nitrogens with zero attached hydrogens (tertiary/aromatic N) is 4. The number of ether oxygens (including phenoxy) is 1. The van der Waals surface area contributed by atoms with Crippen LogP contribution in [0.15, 0.2) is 79.6 Å². The van der Waals surface area contributed by atoms with Gasteiger partial charge in [0, 0.05) is 29.9 Å². The highest BCUT2D eigenvalue weighted by molar-refractivity contribution is 6.08. The van der Waals surface area contributed by atoms with Crippen LogP contribution >= 0.6 is 0 Å². The smallest absolute Gasteiger partial charge is 0.247 e. The van der Waals surface area contributed by atoms with Crippen molar-refractivity contribution in [1.82, 2.24) is 19.5 Å². The van der Waals surface area contributed by atoms with Gasteiger partial charge in [-0.25, -0.2) is 19.3 Å². The standard InChI is InChI=1S/C28H23FN6O2/c1-4-22(36)34-21-13-10-18(14-20(21)29)26-24(25-27(30)31-15-32-28(25)35(26)3)17-8-11-19(12-9-17)37-23-7-5-6-16(2)33-23/h4-15H,1H2,2-3H3,(H,34,36)(H2,30,31,32). The third-order valence-corrected chi connectivity index (χ3v) is 5.91. The fraction of sp³-hybridized carbons (Fsp3) is 0.0714. The number of nitrogen functional groups attached to an aromatic ring is 1. The number of amides is 1. The van der Waals surface area contributed by atoms with E-state index in [1.54, 1.807) is 12.1 Å². The van der Waals surface area contributed by atoms with Gasteiger partial charge in [0.25, 0.3) is 0 Å². The second kappa shape index (κ2) is 9.54. The second-order valence-corrected chi connectivity index (χ2v) is 8.37. The van der Waals surface area contributed by atoms with E-state index in [0.717, 1.165) is 22.9 Å². The quantitative estimate of drug-likeness (QED) is 0.296. The second-order valence-electron chi connectivity index (χ2n) is 8.37. The maximum Gasteiger partial charge on any atom is 0.247 e. The number of aryl methyl sites for hydroxylation is 2. The molecule has 0 aliphatic heterocycles. The van der Waals surface area contributed by atoms with Crippen molar-refractivity contribution >= 4 is 28.4 Å². The third-order valence-electron chi connectivity index (χ3n) is 5.91. The van der Waals surface area contributed by atoms with Crippen LogP contribution in [0.25, 0.3) is 33.4 Å². The van der Waals surface area contributed by atoms with Gasteiger partial charge in [-0.15, -0.1) is 0 Å². The van der Waals surface area contributed by atoms with Crippen LogP contribution in [-0.4, -0.2) is 25.4 Å². The largest absolute Gasteiger partial charge is 0.439 e. The molecule has 184 valence electrons. The maximum absolute atomic E-state index is 15.0. The Bertz CT molecular complexity index is 1660. The average Bonchev–Trinajstić information content (AvgIpc) is 3.19. The summed E-state index contributed by atoms with van der Waals surface area (Å²) in [6.45, 7) is 5.30. The number of hydrogen-bond donors (Lipinski definition) is 2. The van der Waals surface area contributed by atoms with Gasteiger partial charge < -0.3 is 20.4 Å². The lowest BCUT2D eigenvalue weighted by atomic mass is 9.98. The van der Waals surface area contributed by atoms with Gasteiger partial charge in [-0.1, -0.05) is 30.8 Å². The molecule has 8 nitrogen and oxygen atoms in total. The summed E-state index contributed by atoms with van der Waals surface area (Å²) >= 11 is 0. The summed E-state index contributed by atoms with van der Waals surface area (Å²) in [6, 6.07) is 17.6. The average molecular weight is 495 g/mol. The van der Waals surface area contributed by atoms with Gasteiger partial charge in [0.1, 0.15) is 29.4 Å². The highest BCUT2D eigenvalue weighted by Gasteiger charge is 2.22. The predicted molar refractivity (Wildman–Crippen MR) is 142 cm³/mol. The minimum Gasteiger partial charge on any atom is -0.439 e. The molecule has 0 spiro atoms. The Hall–Kier alpha value is -5.05. The molecule has 37 heavy (non-hydrogen) atoms. The minimum atomic E-state index is -0.586. The zero-order valence-electron chi connectivity index (χ0n) is 20.2. The normalized spacial score (nSPS) is 10.9. The number of anilines is 2. The van der Waals surface area contributed by atoms with Crippen molar-refractivity contribution < 1.29 is 13.9 Å². The number of carbonyl (C=O) groups excluding carboxylic acids is 1. The van der Waals surface area contributed by atoms with Gasteiger partial charge in [0.05, 0.1) is 16.8 Å². The predicted octanol–water partition coefficient (Wildman–Crippen LogP) is 5.64. The van der Waals surface area contributed by atoms with E-state index in [1.807, 2.05) is 54.9 Å². The lowest BCUT2D eigenvalue weighted by molar-refractivity contribution is -0.111. The summed E-state index contributed by atoms with van der Waals surface area (Å²) in [5.74, 6) is 0.332. The highest BCUT2D eigenvalue weighted by atomic mass is 19.1. The molecule has 0 bridgehead atoms. The molecule has 2 aromatic carbocycles. The number of rotatable bonds is 6. The fourth-order valence-electron chi connectivity index (χ4n) is 4.23. The van der Waals surface area contributed by atoms with Gasteiger partial charge >= 0.3 is 0 Å². The van der Waals surface area contributed by atoms with Crippen molar-refractivity contribution in [3.05, 3.63) is 91.2 Å². The molecule has 0 radical (unpaired) electrons. The molecule has 0 aliphatic rings. The molecule has 0 fully saturated rings. The number of nitrogens with two attached hydrogens (primary N) is 1. The number of benzene rings is 2. The van der Waals surface area contributed by atoms with Crippen LogP contribution in [0.2, 0.25) is 0 Å². The van der Waals surface area contributed by atoms with E-state index >= 15 is 0 Å². The monoisotopic (exact) mass is 494 g/mol. The topological polar surface area (TPSA) is 108 Å². The molecule has 3 aromatic heterocycles. The van der Waals surface area contributed by atoms with Crippen molar-refractivity contribution in [2.75, 3.05) is 11.1 Å². The van der Waals surface area contributed by atoms with Gasteiger partial charge in [-0.3, -0.25) is 4.79 Å². The number of halogens is 1. The first-order chi connectivity index (χ1) is 17.9.